The predicted molar refractivity (Wildman–Crippen MR) is 122 cm³/mol. The van der Waals surface area contributed by atoms with E-state index < -0.39 is 5.91 Å². The summed E-state index contributed by atoms with van der Waals surface area (Å²) in [7, 11) is 0. The molecule has 0 aromatic heterocycles. The zero-order valence-corrected chi connectivity index (χ0v) is 18.3. The topological polar surface area (TPSA) is 90.8 Å². The summed E-state index contributed by atoms with van der Waals surface area (Å²) in [5.41, 5.74) is 4.00. The number of carbonyl (C=O) groups excluding carboxylic acids is 2. The van der Waals surface area contributed by atoms with Gasteiger partial charge in [-0.3, -0.25) is 9.59 Å². The molecular weight excluding hydrogens is 493 g/mol. The summed E-state index contributed by atoms with van der Waals surface area (Å²) < 4.78 is 0.880. The van der Waals surface area contributed by atoms with Crippen LogP contribution in [0.25, 0.3) is 0 Å². The number of nitrogens with zero attached hydrogens (tertiary/aromatic N) is 1. The van der Waals surface area contributed by atoms with Crippen LogP contribution >= 0.6 is 39.1 Å². The minimum Gasteiger partial charge on any atom is -0.506 e. The van der Waals surface area contributed by atoms with Crippen LogP contribution in [0.3, 0.4) is 0 Å². The first-order valence-corrected chi connectivity index (χ1v) is 10.1. The van der Waals surface area contributed by atoms with Gasteiger partial charge in [-0.2, -0.15) is 5.10 Å². The Labute approximate surface area is 190 Å². The van der Waals surface area contributed by atoms with Gasteiger partial charge in [-0.15, -0.1) is 0 Å². The molecule has 6 nitrogen and oxygen atoms in total. The number of halogens is 3. The highest BCUT2D eigenvalue weighted by Crippen LogP contribution is 2.29. The van der Waals surface area contributed by atoms with Gasteiger partial charge < -0.3 is 10.4 Å². The molecule has 9 heteroatoms. The number of hydrogen-bond donors (Lipinski definition) is 3. The molecule has 0 aliphatic carbocycles. The van der Waals surface area contributed by atoms with Crippen molar-refractivity contribution in [3.8, 4) is 5.75 Å². The summed E-state index contributed by atoms with van der Waals surface area (Å²) in [4.78, 5) is 24.4. The lowest BCUT2D eigenvalue weighted by atomic mass is 10.1. The lowest BCUT2D eigenvalue weighted by molar-refractivity contribution is 0.0954. The number of benzene rings is 3. The molecule has 0 radical (unpaired) electrons. The zero-order chi connectivity index (χ0) is 21.7. The van der Waals surface area contributed by atoms with E-state index in [0.717, 1.165) is 4.47 Å². The maximum absolute atomic E-state index is 12.2. The summed E-state index contributed by atoms with van der Waals surface area (Å²) >= 11 is 15.0. The molecule has 0 saturated carbocycles. The van der Waals surface area contributed by atoms with Crippen LogP contribution < -0.4 is 10.7 Å². The van der Waals surface area contributed by atoms with E-state index in [1.165, 1.54) is 18.3 Å². The third kappa shape index (κ3) is 5.60. The molecule has 3 rings (SSSR count). The summed E-state index contributed by atoms with van der Waals surface area (Å²) in [6, 6.07) is 16.1. The third-order valence-electron chi connectivity index (χ3n) is 3.94. The van der Waals surface area contributed by atoms with Crippen molar-refractivity contribution >= 4 is 62.8 Å². The molecule has 0 bridgehead atoms. The molecule has 2 amide bonds. The number of aromatic hydroxyl groups is 1. The normalized spacial score (nSPS) is 10.8. The molecule has 152 valence electrons. The molecule has 0 heterocycles. The predicted octanol–water partition coefficient (Wildman–Crippen LogP) is 5.48. The molecule has 0 atom stereocenters. The molecule has 30 heavy (non-hydrogen) atoms. The smallest absolute Gasteiger partial charge is 0.271 e. The fourth-order valence-corrected chi connectivity index (χ4v) is 3.19. The number of nitrogens with one attached hydrogen (secondary N) is 2. The Balaban J connectivity index is 1.61. The van der Waals surface area contributed by atoms with E-state index in [2.05, 4.69) is 31.8 Å². The van der Waals surface area contributed by atoms with Crippen molar-refractivity contribution in [2.75, 3.05) is 5.32 Å². The molecule has 0 aliphatic heterocycles. The van der Waals surface area contributed by atoms with Crippen molar-refractivity contribution in [1.29, 1.82) is 0 Å². The van der Waals surface area contributed by atoms with E-state index in [0.29, 0.717) is 21.8 Å². The first-order chi connectivity index (χ1) is 14.3. The van der Waals surface area contributed by atoms with Crippen LogP contribution in [-0.2, 0) is 0 Å². The lowest BCUT2D eigenvalue weighted by Gasteiger charge is -2.06. The highest BCUT2D eigenvalue weighted by Gasteiger charge is 2.09. The molecule has 0 saturated heterocycles. The standard InChI is InChI=1S/C21H14BrCl2N3O3/c22-15-5-1-12(2-6-15)20(29)26-17-7-3-13(4-8-17)21(30)27-25-11-14-9-16(23)10-18(24)19(14)28/h1-11,28H,(H,26,29)(H,27,30). The average molecular weight is 507 g/mol. The van der Waals surface area contributed by atoms with Gasteiger partial charge >= 0.3 is 0 Å². The number of rotatable bonds is 5. The van der Waals surface area contributed by atoms with Gasteiger partial charge in [0, 0.05) is 31.9 Å². The maximum Gasteiger partial charge on any atom is 0.271 e. The molecule has 3 aromatic rings. The number of carbonyl (C=O) groups is 2. The molecule has 0 fully saturated rings. The number of hydrazone groups is 1. The van der Waals surface area contributed by atoms with E-state index in [4.69, 9.17) is 23.2 Å². The van der Waals surface area contributed by atoms with Crippen LogP contribution in [0.2, 0.25) is 10.0 Å². The average Bonchev–Trinajstić information content (AvgIpc) is 2.72. The van der Waals surface area contributed by atoms with Crippen LogP contribution in [0.1, 0.15) is 26.3 Å². The van der Waals surface area contributed by atoms with Crippen LogP contribution in [0.15, 0.2) is 70.2 Å². The highest BCUT2D eigenvalue weighted by atomic mass is 79.9. The van der Waals surface area contributed by atoms with Gasteiger partial charge in [0.15, 0.2) is 0 Å². The second-order valence-corrected chi connectivity index (χ2v) is 7.82. The van der Waals surface area contributed by atoms with Gasteiger partial charge in [0.25, 0.3) is 11.8 Å². The number of anilines is 1. The van der Waals surface area contributed by atoms with Crippen molar-refractivity contribution in [2.45, 2.75) is 0 Å². The van der Waals surface area contributed by atoms with Gasteiger partial charge in [0.05, 0.1) is 11.2 Å². The zero-order valence-electron chi connectivity index (χ0n) is 15.2. The minimum absolute atomic E-state index is 0.0797. The van der Waals surface area contributed by atoms with Gasteiger partial charge in [-0.1, -0.05) is 39.1 Å². The quantitative estimate of drug-likeness (QED) is 0.316. The molecule has 3 aromatic carbocycles. The fourth-order valence-electron chi connectivity index (χ4n) is 2.42. The molecule has 0 aliphatic rings. The summed E-state index contributed by atoms with van der Waals surface area (Å²) in [6.45, 7) is 0. The second kappa shape index (κ2) is 9.75. The van der Waals surface area contributed by atoms with E-state index in [9.17, 15) is 14.7 Å². The Morgan fingerprint density at radius 1 is 0.933 bits per heavy atom. The van der Waals surface area contributed by atoms with Gasteiger partial charge in [0.1, 0.15) is 5.75 Å². The van der Waals surface area contributed by atoms with Crippen molar-refractivity contribution in [1.82, 2.24) is 5.43 Å². The fraction of sp³-hybridized carbons (Fsp3) is 0. The van der Waals surface area contributed by atoms with Crippen LogP contribution in [0.5, 0.6) is 5.75 Å². The Morgan fingerprint density at radius 2 is 1.53 bits per heavy atom. The third-order valence-corrected chi connectivity index (χ3v) is 4.97. The van der Waals surface area contributed by atoms with E-state index >= 15 is 0 Å². The van der Waals surface area contributed by atoms with E-state index in [1.807, 2.05) is 0 Å². The molecule has 0 spiro atoms. The van der Waals surface area contributed by atoms with E-state index in [1.54, 1.807) is 48.5 Å². The molecule has 3 N–H and O–H groups in total. The number of hydrogen-bond acceptors (Lipinski definition) is 4. The summed E-state index contributed by atoms with van der Waals surface area (Å²) in [6.07, 6.45) is 1.23. The number of phenols is 1. The van der Waals surface area contributed by atoms with Gasteiger partial charge in [-0.05, 0) is 60.7 Å². The Kier molecular flexibility index (Phi) is 7.10. The first kappa shape index (κ1) is 21.8. The van der Waals surface area contributed by atoms with Crippen molar-refractivity contribution in [3.05, 3.63) is 91.9 Å². The number of phenolic OH excluding ortho intramolecular Hbond substituents is 1. The summed E-state index contributed by atoms with van der Waals surface area (Å²) in [5.74, 6) is -0.918. The molecule has 0 unspecified atom stereocenters. The van der Waals surface area contributed by atoms with Crippen molar-refractivity contribution < 1.29 is 14.7 Å². The minimum atomic E-state index is -0.468. The summed E-state index contributed by atoms with van der Waals surface area (Å²) in [5, 5.41) is 16.8. The Morgan fingerprint density at radius 3 is 2.20 bits per heavy atom. The monoisotopic (exact) mass is 505 g/mol. The molecular formula is C21H14BrCl2N3O3. The number of amides is 2. The van der Waals surface area contributed by atoms with Crippen LogP contribution in [-0.4, -0.2) is 23.1 Å². The van der Waals surface area contributed by atoms with Crippen molar-refractivity contribution in [2.24, 2.45) is 5.10 Å². The highest BCUT2D eigenvalue weighted by molar-refractivity contribution is 9.10. The lowest BCUT2D eigenvalue weighted by Crippen LogP contribution is -2.18. The maximum atomic E-state index is 12.2. The van der Waals surface area contributed by atoms with Crippen LogP contribution in [0.4, 0.5) is 5.69 Å². The Hall–Kier alpha value is -2.87. The van der Waals surface area contributed by atoms with Crippen molar-refractivity contribution in [3.63, 3.8) is 0 Å². The second-order valence-electron chi connectivity index (χ2n) is 6.06. The van der Waals surface area contributed by atoms with Gasteiger partial charge in [0.2, 0.25) is 0 Å². The van der Waals surface area contributed by atoms with Crippen LogP contribution in [0, 0.1) is 0 Å². The van der Waals surface area contributed by atoms with Gasteiger partial charge in [-0.25, -0.2) is 5.43 Å². The SMILES string of the molecule is O=C(NN=Cc1cc(Cl)cc(Cl)c1O)c1ccc(NC(=O)c2ccc(Br)cc2)cc1. The Bertz CT molecular complexity index is 1120. The van der Waals surface area contributed by atoms with E-state index in [-0.39, 0.29) is 22.2 Å². The largest absolute Gasteiger partial charge is 0.506 e. The first-order valence-electron chi connectivity index (χ1n) is 8.52.